The highest BCUT2D eigenvalue weighted by Crippen LogP contribution is 2.44. The average molecular weight is 377 g/mol. The summed E-state index contributed by atoms with van der Waals surface area (Å²) in [6.45, 7) is -0.580. The monoisotopic (exact) mass is 377 g/mol. The van der Waals surface area contributed by atoms with Crippen molar-refractivity contribution in [1.29, 1.82) is 0 Å². The molecule has 1 saturated heterocycles. The fraction of sp³-hybridized carbons (Fsp3) is 0.545. The molecule has 1 aliphatic rings. The second-order valence-corrected chi connectivity index (χ2v) is 6.48. The summed E-state index contributed by atoms with van der Waals surface area (Å²) >= 11 is 0. The lowest BCUT2D eigenvalue weighted by Crippen LogP contribution is -2.36. The van der Waals surface area contributed by atoms with Crippen LogP contribution in [-0.4, -0.2) is 66.4 Å². The van der Waals surface area contributed by atoms with Crippen molar-refractivity contribution in [3.05, 3.63) is 16.7 Å². The zero-order valence-electron chi connectivity index (χ0n) is 12.8. The van der Waals surface area contributed by atoms with Gasteiger partial charge in [-0.1, -0.05) is 0 Å². The number of phosphoric acid groups is 1. The van der Waals surface area contributed by atoms with Gasteiger partial charge in [0.25, 0.3) is 5.56 Å². The second kappa shape index (κ2) is 6.46. The number of hydrogen-bond donors (Lipinski definition) is 5. The Morgan fingerprint density at radius 2 is 2.20 bits per heavy atom. The molecule has 3 rings (SSSR count). The van der Waals surface area contributed by atoms with E-state index < -0.39 is 44.5 Å². The van der Waals surface area contributed by atoms with Gasteiger partial charge in [0.05, 0.1) is 12.9 Å². The SMILES string of the molecule is COC1C(OP(=O)(O)O)[C@@H](CO)O[C@H]1n1cnc2c(=O)[nH]c(N)nc21. The van der Waals surface area contributed by atoms with Crippen LogP contribution < -0.4 is 11.3 Å². The normalized spacial score (nSPS) is 27.2. The van der Waals surface area contributed by atoms with Gasteiger partial charge in [-0.3, -0.25) is 18.9 Å². The van der Waals surface area contributed by atoms with Crippen LogP contribution in [0.25, 0.3) is 11.2 Å². The van der Waals surface area contributed by atoms with Gasteiger partial charge in [-0.25, -0.2) is 9.55 Å². The molecule has 25 heavy (non-hydrogen) atoms. The van der Waals surface area contributed by atoms with Crippen molar-refractivity contribution in [2.24, 2.45) is 0 Å². The van der Waals surface area contributed by atoms with Crippen LogP contribution in [0.3, 0.4) is 0 Å². The van der Waals surface area contributed by atoms with E-state index in [1.807, 2.05) is 0 Å². The van der Waals surface area contributed by atoms with Crippen molar-refractivity contribution in [2.75, 3.05) is 19.5 Å². The van der Waals surface area contributed by atoms with Crippen LogP contribution in [0.1, 0.15) is 6.23 Å². The first-order valence-corrected chi connectivity index (χ1v) is 8.53. The van der Waals surface area contributed by atoms with Crippen LogP contribution in [0.2, 0.25) is 0 Å². The maximum atomic E-state index is 11.9. The molecular weight excluding hydrogens is 361 g/mol. The highest BCUT2D eigenvalue weighted by molar-refractivity contribution is 7.46. The van der Waals surface area contributed by atoms with Crippen LogP contribution in [0.4, 0.5) is 5.95 Å². The molecule has 2 aromatic heterocycles. The number of phosphoric ester groups is 1. The van der Waals surface area contributed by atoms with Gasteiger partial charge < -0.3 is 30.1 Å². The Hall–Kier alpha value is -1.86. The number of nitrogens with one attached hydrogen (secondary N) is 1. The lowest BCUT2D eigenvalue weighted by molar-refractivity contribution is -0.0583. The first-order chi connectivity index (χ1) is 11.7. The molecule has 3 heterocycles. The van der Waals surface area contributed by atoms with Gasteiger partial charge in [0, 0.05) is 7.11 Å². The summed E-state index contributed by atoms with van der Waals surface area (Å²) in [5.74, 6) is -0.145. The molecule has 0 aliphatic carbocycles. The van der Waals surface area contributed by atoms with Crippen LogP contribution in [0.5, 0.6) is 0 Å². The Bertz CT molecular complexity index is 877. The number of H-pyrrole nitrogens is 1. The lowest BCUT2D eigenvalue weighted by Gasteiger charge is -2.23. The molecule has 6 N–H and O–H groups in total. The lowest BCUT2D eigenvalue weighted by atomic mass is 10.1. The number of fused-ring (bicyclic) bond motifs is 1. The summed E-state index contributed by atoms with van der Waals surface area (Å²) < 4.78 is 28.1. The summed E-state index contributed by atoms with van der Waals surface area (Å²) in [5.41, 5.74) is 5.05. The number of aliphatic hydroxyl groups is 1. The number of nitrogens with two attached hydrogens (primary N) is 1. The van der Waals surface area contributed by atoms with E-state index in [4.69, 9.17) is 29.5 Å². The predicted molar refractivity (Wildman–Crippen MR) is 81.3 cm³/mol. The van der Waals surface area contributed by atoms with Crippen molar-refractivity contribution in [3.63, 3.8) is 0 Å². The molecule has 0 radical (unpaired) electrons. The largest absolute Gasteiger partial charge is 0.470 e. The van der Waals surface area contributed by atoms with Crippen LogP contribution in [0.15, 0.2) is 11.1 Å². The highest BCUT2D eigenvalue weighted by atomic mass is 31.2. The van der Waals surface area contributed by atoms with E-state index >= 15 is 0 Å². The molecule has 0 saturated carbocycles. The minimum absolute atomic E-state index is 0.00689. The van der Waals surface area contributed by atoms with E-state index in [0.717, 1.165) is 0 Å². The number of imidazole rings is 1. The molecule has 0 amide bonds. The summed E-state index contributed by atoms with van der Waals surface area (Å²) in [5, 5.41) is 9.43. The van der Waals surface area contributed by atoms with Crippen molar-refractivity contribution >= 4 is 24.9 Å². The molecule has 2 unspecified atom stereocenters. The first kappa shape index (κ1) is 17.9. The number of aromatic amines is 1. The summed E-state index contributed by atoms with van der Waals surface area (Å²) in [6.07, 6.45) is -3.14. The molecule has 1 fully saturated rings. The van der Waals surface area contributed by atoms with Gasteiger partial charge in [0.2, 0.25) is 5.95 Å². The van der Waals surface area contributed by atoms with E-state index in [-0.39, 0.29) is 17.1 Å². The maximum absolute atomic E-state index is 11.9. The Balaban J connectivity index is 2.05. The van der Waals surface area contributed by atoms with Crippen molar-refractivity contribution in [1.82, 2.24) is 19.5 Å². The number of nitrogen functional groups attached to an aromatic ring is 1. The summed E-state index contributed by atoms with van der Waals surface area (Å²) in [7, 11) is -3.59. The van der Waals surface area contributed by atoms with E-state index in [0.29, 0.717) is 0 Å². The smallest absolute Gasteiger partial charge is 0.394 e. The Morgan fingerprint density at radius 3 is 2.80 bits per heavy atom. The molecule has 0 aromatic carbocycles. The highest BCUT2D eigenvalue weighted by Gasteiger charge is 2.49. The number of aromatic nitrogens is 4. The number of anilines is 1. The van der Waals surface area contributed by atoms with Crippen LogP contribution in [-0.2, 0) is 18.6 Å². The first-order valence-electron chi connectivity index (χ1n) is 7.00. The third kappa shape index (κ3) is 3.30. The minimum atomic E-state index is -4.87. The number of nitrogens with zero attached hydrogens (tertiary/aromatic N) is 3. The van der Waals surface area contributed by atoms with Crippen molar-refractivity contribution in [3.8, 4) is 0 Å². The molecule has 0 bridgehead atoms. The molecule has 138 valence electrons. The van der Waals surface area contributed by atoms with E-state index in [2.05, 4.69) is 15.0 Å². The van der Waals surface area contributed by atoms with Crippen molar-refractivity contribution < 1.29 is 33.5 Å². The molecule has 4 atom stereocenters. The maximum Gasteiger partial charge on any atom is 0.470 e. The number of methoxy groups -OCH3 is 1. The van der Waals surface area contributed by atoms with E-state index in [9.17, 15) is 14.5 Å². The van der Waals surface area contributed by atoms with Gasteiger partial charge in [-0.2, -0.15) is 4.98 Å². The fourth-order valence-electron chi connectivity index (χ4n) is 2.74. The van der Waals surface area contributed by atoms with Gasteiger partial charge in [0.15, 0.2) is 17.4 Å². The zero-order valence-corrected chi connectivity index (χ0v) is 13.7. The topological polar surface area (TPSA) is 195 Å². The fourth-order valence-corrected chi connectivity index (χ4v) is 3.32. The third-order valence-electron chi connectivity index (χ3n) is 3.72. The quantitative estimate of drug-likeness (QED) is 0.364. The van der Waals surface area contributed by atoms with Crippen LogP contribution in [0, 0.1) is 0 Å². The van der Waals surface area contributed by atoms with Gasteiger partial charge in [-0.05, 0) is 0 Å². The molecular formula is C11H16N5O8P. The summed E-state index contributed by atoms with van der Waals surface area (Å²) in [6, 6.07) is 0. The predicted octanol–water partition coefficient (Wildman–Crippen LogP) is -1.92. The van der Waals surface area contributed by atoms with E-state index in [1.54, 1.807) is 0 Å². The number of hydrogen-bond acceptors (Lipinski definition) is 9. The van der Waals surface area contributed by atoms with Crippen LogP contribution >= 0.6 is 7.82 Å². The molecule has 13 nitrogen and oxygen atoms in total. The van der Waals surface area contributed by atoms with Gasteiger partial charge >= 0.3 is 7.82 Å². The third-order valence-corrected chi connectivity index (χ3v) is 4.24. The number of ether oxygens (including phenoxy) is 2. The molecule has 1 aliphatic heterocycles. The van der Waals surface area contributed by atoms with Gasteiger partial charge in [0.1, 0.15) is 18.3 Å². The Kier molecular flexibility index (Phi) is 4.64. The molecule has 14 heteroatoms. The van der Waals surface area contributed by atoms with E-state index in [1.165, 1.54) is 18.0 Å². The minimum Gasteiger partial charge on any atom is -0.394 e. The zero-order chi connectivity index (χ0) is 18.4. The number of aliphatic hydroxyl groups excluding tert-OH is 1. The molecule has 2 aromatic rings. The van der Waals surface area contributed by atoms with Gasteiger partial charge in [-0.15, -0.1) is 0 Å². The average Bonchev–Trinajstić information content (AvgIpc) is 3.06. The van der Waals surface area contributed by atoms with Crippen molar-refractivity contribution in [2.45, 2.75) is 24.5 Å². The Labute approximate surface area is 139 Å². The standard InChI is InChI=1S/C11H16N5O8P/c1-22-7-6(24-25(19,20)21)4(2-17)23-10(7)16-3-13-5-8(16)14-11(12)15-9(5)18/h3-4,6-7,10,17H,2H2,1H3,(H2,19,20,21)(H3,12,14,15,18)/t4-,6?,7?,10-/m1/s1. The number of rotatable bonds is 5. The second-order valence-electron chi connectivity index (χ2n) is 5.28. The Morgan fingerprint density at radius 1 is 1.48 bits per heavy atom. The summed E-state index contributed by atoms with van der Waals surface area (Å²) in [4.78, 5) is 40.2. The molecule has 0 spiro atoms.